The summed E-state index contributed by atoms with van der Waals surface area (Å²) in [7, 11) is 0. The molecule has 1 aromatic rings. The maximum Gasteiger partial charge on any atom is 0.129 e. The molecule has 1 aromatic carbocycles. The molecule has 0 saturated heterocycles. The Bertz CT molecular complexity index is 451. The average molecular weight is 351 g/mol. The molecule has 0 aliphatic heterocycles. The van der Waals surface area contributed by atoms with Crippen LogP contribution in [-0.4, -0.2) is 12.7 Å². The van der Waals surface area contributed by atoms with Gasteiger partial charge in [-0.05, 0) is 60.2 Å². The molecule has 106 valence electrons. The van der Waals surface area contributed by atoms with Crippen molar-refractivity contribution in [2.45, 2.75) is 38.3 Å². The van der Waals surface area contributed by atoms with Gasteiger partial charge in [0.2, 0.25) is 0 Å². The zero-order valence-corrected chi connectivity index (χ0v) is 13.2. The Labute approximate surface area is 126 Å². The molecule has 0 spiro atoms. The van der Waals surface area contributed by atoms with E-state index in [1.54, 1.807) is 6.07 Å². The van der Waals surface area contributed by atoms with Crippen molar-refractivity contribution in [2.24, 2.45) is 11.7 Å². The third kappa shape index (κ3) is 3.69. The van der Waals surface area contributed by atoms with Gasteiger partial charge in [0.05, 0.1) is 11.1 Å². The minimum atomic E-state index is -0.307. The van der Waals surface area contributed by atoms with Crippen LogP contribution in [0.5, 0.6) is 0 Å². The highest BCUT2D eigenvalue weighted by Crippen LogP contribution is 2.37. The Morgan fingerprint density at radius 3 is 2.84 bits per heavy atom. The SMILES string of the molecule is CCOC1CC(CC(N)c2cc(Cl)c(Br)cc2F)C1. The van der Waals surface area contributed by atoms with E-state index >= 15 is 0 Å². The molecule has 0 bridgehead atoms. The lowest BCUT2D eigenvalue weighted by Crippen LogP contribution is -2.33. The van der Waals surface area contributed by atoms with Crippen molar-refractivity contribution in [3.05, 3.63) is 33.0 Å². The van der Waals surface area contributed by atoms with Crippen LogP contribution in [0.2, 0.25) is 5.02 Å². The van der Waals surface area contributed by atoms with E-state index in [9.17, 15) is 4.39 Å². The first-order valence-electron chi connectivity index (χ1n) is 6.52. The highest BCUT2D eigenvalue weighted by Gasteiger charge is 2.31. The second kappa shape index (κ2) is 6.53. The van der Waals surface area contributed by atoms with Crippen LogP contribution < -0.4 is 5.73 Å². The Balaban J connectivity index is 1.94. The molecule has 0 radical (unpaired) electrons. The van der Waals surface area contributed by atoms with E-state index in [0.29, 0.717) is 27.1 Å². The van der Waals surface area contributed by atoms with Crippen LogP contribution in [0.15, 0.2) is 16.6 Å². The van der Waals surface area contributed by atoms with Crippen LogP contribution in [0.25, 0.3) is 0 Å². The van der Waals surface area contributed by atoms with Gasteiger partial charge in [0.25, 0.3) is 0 Å². The standard InChI is InChI=1S/C14H18BrClFNO/c1-2-19-9-3-8(4-9)5-14(18)10-6-12(16)11(15)7-13(10)17/h6-9,14H,2-5,18H2,1H3. The van der Waals surface area contributed by atoms with E-state index in [-0.39, 0.29) is 11.9 Å². The largest absolute Gasteiger partial charge is 0.378 e. The van der Waals surface area contributed by atoms with Gasteiger partial charge in [-0.2, -0.15) is 0 Å². The molecule has 2 N–H and O–H groups in total. The minimum Gasteiger partial charge on any atom is -0.378 e. The summed E-state index contributed by atoms with van der Waals surface area (Å²) < 4.78 is 19.9. The quantitative estimate of drug-likeness (QED) is 0.796. The van der Waals surface area contributed by atoms with E-state index in [4.69, 9.17) is 22.1 Å². The van der Waals surface area contributed by atoms with Crippen molar-refractivity contribution in [1.82, 2.24) is 0 Å². The molecule has 1 aliphatic rings. The van der Waals surface area contributed by atoms with E-state index < -0.39 is 0 Å². The summed E-state index contributed by atoms with van der Waals surface area (Å²) in [6.45, 7) is 2.75. The van der Waals surface area contributed by atoms with Crippen molar-refractivity contribution in [1.29, 1.82) is 0 Å². The lowest BCUT2D eigenvalue weighted by atomic mass is 9.77. The summed E-state index contributed by atoms with van der Waals surface area (Å²) in [4.78, 5) is 0. The predicted octanol–water partition coefficient (Wildman–Crippen LogP) is 4.45. The molecule has 1 saturated carbocycles. The van der Waals surface area contributed by atoms with Gasteiger partial charge in [0.1, 0.15) is 5.82 Å². The molecule has 0 amide bonds. The minimum absolute atomic E-state index is 0.301. The summed E-state index contributed by atoms with van der Waals surface area (Å²) in [5.74, 6) is 0.220. The number of hydrogen-bond acceptors (Lipinski definition) is 2. The zero-order valence-electron chi connectivity index (χ0n) is 10.8. The highest BCUT2D eigenvalue weighted by molar-refractivity contribution is 9.10. The summed E-state index contributed by atoms with van der Waals surface area (Å²) in [6.07, 6.45) is 3.18. The van der Waals surface area contributed by atoms with Crippen LogP contribution in [-0.2, 0) is 4.74 Å². The number of halogens is 3. The highest BCUT2D eigenvalue weighted by atomic mass is 79.9. The molecule has 1 fully saturated rings. The summed E-state index contributed by atoms with van der Waals surface area (Å²) in [5.41, 5.74) is 6.58. The topological polar surface area (TPSA) is 35.2 Å². The number of nitrogens with two attached hydrogens (primary N) is 1. The van der Waals surface area contributed by atoms with Gasteiger partial charge in [-0.1, -0.05) is 11.6 Å². The second-order valence-electron chi connectivity index (χ2n) is 5.04. The molecule has 2 nitrogen and oxygen atoms in total. The number of rotatable bonds is 5. The van der Waals surface area contributed by atoms with Crippen LogP contribution in [0.3, 0.4) is 0 Å². The monoisotopic (exact) mass is 349 g/mol. The maximum absolute atomic E-state index is 13.9. The number of benzene rings is 1. The van der Waals surface area contributed by atoms with Crippen LogP contribution in [0.1, 0.15) is 37.8 Å². The Morgan fingerprint density at radius 1 is 1.53 bits per heavy atom. The van der Waals surface area contributed by atoms with Crippen molar-refractivity contribution in [3.8, 4) is 0 Å². The molecular formula is C14H18BrClFNO. The average Bonchev–Trinajstić information content (AvgIpc) is 2.31. The normalized spacial score (nSPS) is 24.1. The second-order valence-corrected chi connectivity index (χ2v) is 6.31. The molecule has 1 atom stereocenters. The van der Waals surface area contributed by atoms with Gasteiger partial charge in [0.15, 0.2) is 0 Å². The molecule has 0 heterocycles. The van der Waals surface area contributed by atoms with Gasteiger partial charge < -0.3 is 10.5 Å². The lowest BCUT2D eigenvalue weighted by molar-refractivity contribution is -0.0282. The molecule has 5 heteroatoms. The van der Waals surface area contributed by atoms with E-state index in [0.717, 1.165) is 25.9 Å². The van der Waals surface area contributed by atoms with E-state index in [1.807, 2.05) is 6.92 Å². The fourth-order valence-corrected chi connectivity index (χ4v) is 3.03. The van der Waals surface area contributed by atoms with Crippen molar-refractivity contribution < 1.29 is 9.13 Å². The van der Waals surface area contributed by atoms with Gasteiger partial charge in [-0.15, -0.1) is 0 Å². The molecule has 1 unspecified atom stereocenters. The predicted molar refractivity (Wildman–Crippen MR) is 78.8 cm³/mol. The maximum atomic E-state index is 13.9. The van der Waals surface area contributed by atoms with Gasteiger partial charge in [-0.3, -0.25) is 0 Å². The first kappa shape index (κ1) is 15.2. The Kier molecular flexibility index (Phi) is 5.23. The van der Waals surface area contributed by atoms with Crippen molar-refractivity contribution in [3.63, 3.8) is 0 Å². The zero-order chi connectivity index (χ0) is 14.0. The Morgan fingerprint density at radius 2 is 2.21 bits per heavy atom. The van der Waals surface area contributed by atoms with Gasteiger partial charge >= 0.3 is 0 Å². The summed E-state index contributed by atoms with van der Waals surface area (Å²) >= 11 is 9.19. The molecule has 0 aromatic heterocycles. The number of hydrogen-bond donors (Lipinski definition) is 1. The fraction of sp³-hybridized carbons (Fsp3) is 0.571. The summed E-state index contributed by atoms with van der Waals surface area (Å²) in [6, 6.07) is 2.68. The summed E-state index contributed by atoms with van der Waals surface area (Å²) in [5, 5.41) is 0.493. The van der Waals surface area contributed by atoms with Crippen LogP contribution in [0, 0.1) is 11.7 Å². The first-order chi connectivity index (χ1) is 9.01. The molecule has 1 aliphatic carbocycles. The van der Waals surface area contributed by atoms with Crippen LogP contribution in [0.4, 0.5) is 4.39 Å². The number of ether oxygens (including phenoxy) is 1. The molecule has 2 rings (SSSR count). The third-order valence-electron chi connectivity index (χ3n) is 3.62. The van der Waals surface area contributed by atoms with Crippen molar-refractivity contribution in [2.75, 3.05) is 6.61 Å². The lowest BCUT2D eigenvalue weighted by Gasteiger charge is -2.36. The molecular weight excluding hydrogens is 333 g/mol. The van der Waals surface area contributed by atoms with Crippen LogP contribution >= 0.6 is 27.5 Å². The van der Waals surface area contributed by atoms with Gasteiger partial charge in [0, 0.05) is 22.7 Å². The fourth-order valence-electron chi connectivity index (χ4n) is 2.55. The third-order valence-corrected chi connectivity index (χ3v) is 4.82. The van der Waals surface area contributed by atoms with E-state index in [2.05, 4.69) is 15.9 Å². The van der Waals surface area contributed by atoms with Gasteiger partial charge in [-0.25, -0.2) is 4.39 Å². The first-order valence-corrected chi connectivity index (χ1v) is 7.70. The molecule has 19 heavy (non-hydrogen) atoms. The van der Waals surface area contributed by atoms with E-state index in [1.165, 1.54) is 6.07 Å². The smallest absolute Gasteiger partial charge is 0.129 e. The Hall–Kier alpha value is -0.160. The van der Waals surface area contributed by atoms with Crippen molar-refractivity contribution >= 4 is 27.5 Å².